The molecule has 3 aromatic rings. The summed E-state index contributed by atoms with van der Waals surface area (Å²) in [5.74, 6) is -0.742. The van der Waals surface area contributed by atoms with Crippen molar-refractivity contribution in [2.24, 2.45) is 5.10 Å². The normalized spacial score (nSPS) is 16.3. The van der Waals surface area contributed by atoms with Crippen molar-refractivity contribution < 1.29 is 18.3 Å². The molecule has 1 atom stereocenters. The SMILES string of the molecule is CC(=O)N1N=C(c2ccc(C)cc2)OC1c1coc2ccc(F)cc2c1=O. The number of hydrogen-bond donors (Lipinski definition) is 0. The quantitative estimate of drug-likeness (QED) is 0.696. The molecule has 7 heteroatoms. The number of halogens is 1. The van der Waals surface area contributed by atoms with E-state index in [1.54, 1.807) is 0 Å². The molecule has 0 saturated carbocycles. The van der Waals surface area contributed by atoms with Gasteiger partial charge in [0.15, 0.2) is 0 Å². The molecule has 0 bridgehead atoms. The van der Waals surface area contributed by atoms with Crippen LogP contribution in [0.3, 0.4) is 0 Å². The predicted octanol–water partition coefficient (Wildman–Crippen LogP) is 3.48. The standard InChI is InChI=1S/C20H15FN2O4/c1-11-3-5-13(6-4-11)19-22-23(12(2)24)20(27-19)16-10-26-17-8-7-14(21)9-15(17)18(16)25/h3-10,20H,1-2H3. The number of amides is 1. The fourth-order valence-electron chi connectivity index (χ4n) is 2.87. The van der Waals surface area contributed by atoms with Gasteiger partial charge in [0.2, 0.25) is 23.5 Å². The van der Waals surface area contributed by atoms with Crippen molar-refractivity contribution in [3.05, 3.63) is 81.5 Å². The highest BCUT2D eigenvalue weighted by molar-refractivity contribution is 5.96. The van der Waals surface area contributed by atoms with E-state index in [0.29, 0.717) is 5.56 Å². The molecule has 1 amide bonds. The lowest BCUT2D eigenvalue weighted by Crippen LogP contribution is -2.29. The Hall–Kier alpha value is -3.48. The Bertz CT molecular complexity index is 1130. The van der Waals surface area contributed by atoms with Crippen LogP contribution in [-0.4, -0.2) is 16.8 Å². The largest absolute Gasteiger partial charge is 0.464 e. The molecule has 0 saturated heterocycles. The summed E-state index contributed by atoms with van der Waals surface area (Å²) in [4.78, 5) is 24.9. The van der Waals surface area contributed by atoms with Crippen LogP contribution in [0.15, 0.2) is 63.0 Å². The maximum Gasteiger partial charge on any atom is 0.243 e. The first-order valence-electron chi connectivity index (χ1n) is 8.27. The van der Waals surface area contributed by atoms with Crippen LogP contribution in [0.1, 0.15) is 29.8 Å². The molecule has 0 aliphatic carbocycles. The first kappa shape index (κ1) is 17.0. The molecule has 2 aromatic carbocycles. The smallest absolute Gasteiger partial charge is 0.243 e. The maximum atomic E-state index is 13.5. The van der Waals surface area contributed by atoms with Crippen LogP contribution in [0.25, 0.3) is 11.0 Å². The van der Waals surface area contributed by atoms with Crippen molar-refractivity contribution in [2.75, 3.05) is 0 Å². The van der Waals surface area contributed by atoms with Gasteiger partial charge in [-0.25, -0.2) is 4.39 Å². The van der Waals surface area contributed by atoms with Gasteiger partial charge in [0.25, 0.3) is 0 Å². The Morgan fingerprint density at radius 3 is 2.63 bits per heavy atom. The van der Waals surface area contributed by atoms with Crippen LogP contribution >= 0.6 is 0 Å². The Kier molecular flexibility index (Phi) is 3.99. The number of benzene rings is 2. The lowest BCUT2D eigenvalue weighted by Gasteiger charge is -2.18. The molecule has 0 fully saturated rings. The van der Waals surface area contributed by atoms with E-state index in [1.807, 2.05) is 31.2 Å². The van der Waals surface area contributed by atoms with Crippen LogP contribution in [0.2, 0.25) is 0 Å². The molecule has 0 N–H and O–H groups in total. The van der Waals surface area contributed by atoms with Crippen molar-refractivity contribution in [1.29, 1.82) is 0 Å². The van der Waals surface area contributed by atoms with E-state index in [4.69, 9.17) is 9.15 Å². The molecule has 0 spiro atoms. The molecule has 0 radical (unpaired) electrons. The number of fused-ring (bicyclic) bond motifs is 1. The molecular formula is C20H15FN2O4. The van der Waals surface area contributed by atoms with E-state index >= 15 is 0 Å². The molecule has 1 aromatic heterocycles. The minimum absolute atomic E-state index is 0.0640. The van der Waals surface area contributed by atoms with E-state index in [0.717, 1.165) is 16.6 Å². The van der Waals surface area contributed by atoms with Gasteiger partial charge >= 0.3 is 0 Å². The Balaban J connectivity index is 1.78. The molecule has 2 heterocycles. The van der Waals surface area contributed by atoms with Crippen molar-refractivity contribution in [3.63, 3.8) is 0 Å². The predicted molar refractivity (Wildman–Crippen MR) is 96.5 cm³/mol. The molecule has 1 aliphatic heterocycles. The molecule has 1 unspecified atom stereocenters. The van der Waals surface area contributed by atoms with Crippen LogP contribution in [0.5, 0.6) is 0 Å². The van der Waals surface area contributed by atoms with E-state index in [2.05, 4.69) is 5.10 Å². The summed E-state index contributed by atoms with van der Waals surface area (Å²) < 4.78 is 24.8. The number of carbonyl (C=O) groups excluding carboxylic acids is 1. The topological polar surface area (TPSA) is 72.1 Å². The number of hydrogen-bond acceptors (Lipinski definition) is 5. The Labute approximate surface area is 153 Å². The summed E-state index contributed by atoms with van der Waals surface area (Å²) in [6.45, 7) is 3.27. The number of ether oxygens (including phenoxy) is 1. The lowest BCUT2D eigenvalue weighted by molar-refractivity contribution is -0.135. The van der Waals surface area contributed by atoms with E-state index in [9.17, 15) is 14.0 Å². The zero-order chi connectivity index (χ0) is 19.1. The van der Waals surface area contributed by atoms with Crippen molar-refractivity contribution in [2.45, 2.75) is 20.1 Å². The van der Waals surface area contributed by atoms with Crippen LogP contribution < -0.4 is 5.43 Å². The summed E-state index contributed by atoms with van der Waals surface area (Å²) in [6.07, 6.45) is 0.138. The summed E-state index contributed by atoms with van der Waals surface area (Å²) in [6, 6.07) is 11.1. The third-order valence-electron chi connectivity index (χ3n) is 4.29. The second-order valence-electron chi connectivity index (χ2n) is 6.27. The minimum Gasteiger partial charge on any atom is -0.464 e. The van der Waals surface area contributed by atoms with Gasteiger partial charge in [-0.05, 0) is 37.3 Å². The highest BCUT2D eigenvalue weighted by Crippen LogP contribution is 2.29. The molecule has 136 valence electrons. The first-order chi connectivity index (χ1) is 12.9. The van der Waals surface area contributed by atoms with E-state index < -0.39 is 23.4 Å². The zero-order valence-electron chi connectivity index (χ0n) is 14.6. The highest BCUT2D eigenvalue weighted by atomic mass is 19.1. The third-order valence-corrected chi connectivity index (χ3v) is 4.29. The van der Waals surface area contributed by atoms with Crippen LogP contribution in [-0.2, 0) is 9.53 Å². The summed E-state index contributed by atoms with van der Waals surface area (Å²) in [7, 11) is 0. The number of carbonyl (C=O) groups is 1. The second kappa shape index (κ2) is 6.35. The lowest BCUT2D eigenvalue weighted by atomic mass is 10.1. The Morgan fingerprint density at radius 1 is 1.19 bits per heavy atom. The van der Waals surface area contributed by atoms with Crippen molar-refractivity contribution in [1.82, 2.24) is 5.01 Å². The maximum absolute atomic E-state index is 13.5. The average molecular weight is 366 g/mol. The van der Waals surface area contributed by atoms with Gasteiger partial charge in [0.05, 0.1) is 10.9 Å². The fraction of sp³-hybridized carbons (Fsp3) is 0.150. The monoisotopic (exact) mass is 366 g/mol. The molecule has 4 rings (SSSR count). The summed E-state index contributed by atoms with van der Waals surface area (Å²) >= 11 is 0. The van der Waals surface area contributed by atoms with Gasteiger partial charge in [-0.3, -0.25) is 9.59 Å². The van der Waals surface area contributed by atoms with E-state index in [-0.39, 0.29) is 22.4 Å². The molecule has 1 aliphatic rings. The van der Waals surface area contributed by atoms with Crippen LogP contribution in [0, 0.1) is 12.7 Å². The van der Waals surface area contributed by atoms with Gasteiger partial charge in [-0.1, -0.05) is 17.7 Å². The summed E-state index contributed by atoms with van der Waals surface area (Å²) in [5, 5.41) is 5.36. The zero-order valence-corrected chi connectivity index (χ0v) is 14.6. The van der Waals surface area contributed by atoms with Gasteiger partial charge < -0.3 is 9.15 Å². The van der Waals surface area contributed by atoms with Crippen molar-refractivity contribution >= 4 is 22.8 Å². The van der Waals surface area contributed by atoms with Crippen LogP contribution in [0.4, 0.5) is 4.39 Å². The second-order valence-corrected chi connectivity index (χ2v) is 6.27. The van der Waals surface area contributed by atoms with Crippen molar-refractivity contribution in [3.8, 4) is 0 Å². The highest BCUT2D eigenvalue weighted by Gasteiger charge is 2.35. The average Bonchev–Trinajstić information content (AvgIpc) is 3.08. The first-order valence-corrected chi connectivity index (χ1v) is 8.27. The van der Waals surface area contributed by atoms with Gasteiger partial charge in [0.1, 0.15) is 17.7 Å². The minimum atomic E-state index is -1.08. The van der Waals surface area contributed by atoms with Gasteiger partial charge in [-0.15, -0.1) is 5.10 Å². The fourth-order valence-corrected chi connectivity index (χ4v) is 2.87. The summed E-state index contributed by atoms with van der Waals surface area (Å²) in [5.41, 5.74) is 1.57. The third kappa shape index (κ3) is 2.97. The molecular weight excluding hydrogens is 351 g/mol. The number of nitrogens with zero attached hydrogens (tertiary/aromatic N) is 2. The number of rotatable bonds is 2. The molecule has 27 heavy (non-hydrogen) atoms. The number of aryl methyl sites for hydroxylation is 1. The van der Waals surface area contributed by atoms with Gasteiger partial charge in [0, 0.05) is 12.5 Å². The Morgan fingerprint density at radius 2 is 1.93 bits per heavy atom. The number of hydrazone groups is 1. The van der Waals surface area contributed by atoms with Gasteiger partial charge in [-0.2, -0.15) is 5.01 Å². The molecule has 6 nitrogen and oxygen atoms in total. The van der Waals surface area contributed by atoms with E-state index in [1.165, 1.54) is 25.3 Å².